The molecule has 1 aromatic carbocycles. The fraction of sp³-hybridized carbons (Fsp3) is 0.500. The van der Waals surface area contributed by atoms with E-state index in [1.165, 1.54) is 12.3 Å². The molecule has 1 aliphatic rings. The monoisotopic (exact) mass is 420 g/mol. The Balaban J connectivity index is 2.00. The summed E-state index contributed by atoms with van der Waals surface area (Å²) in [7, 11) is -0.375. The lowest BCUT2D eigenvalue weighted by atomic mass is 10.2. The number of hydrogen-bond donors (Lipinski definition) is 0. The molecule has 7 heteroatoms. The fourth-order valence-corrected chi connectivity index (χ4v) is 3.31. The van der Waals surface area contributed by atoms with Gasteiger partial charge in [-0.2, -0.15) is 0 Å². The maximum atomic E-state index is 12.0. The van der Waals surface area contributed by atoms with E-state index in [4.69, 9.17) is 23.4 Å². The van der Waals surface area contributed by atoms with Gasteiger partial charge in [0.1, 0.15) is 12.0 Å². The first-order valence-electron chi connectivity index (χ1n) is 9.61. The lowest BCUT2D eigenvalue weighted by molar-refractivity contribution is -0.142. The van der Waals surface area contributed by atoms with Crippen LogP contribution in [0, 0.1) is 0 Å². The molecule has 6 nitrogen and oxygen atoms in total. The van der Waals surface area contributed by atoms with Crippen molar-refractivity contribution in [1.82, 2.24) is 0 Å². The third-order valence-electron chi connectivity index (χ3n) is 4.98. The summed E-state index contributed by atoms with van der Waals surface area (Å²) in [6.07, 6.45) is 4.50. The zero-order valence-electron chi connectivity index (χ0n) is 18.6. The van der Waals surface area contributed by atoms with Gasteiger partial charge in [-0.25, -0.2) is 4.79 Å². The number of hydrogen-bond acceptors (Lipinski definition) is 6. The first-order chi connectivity index (χ1) is 13.3. The smallest absolute Gasteiger partial charge is 0.331 e. The second kappa shape index (κ2) is 8.53. The topological polar surface area (TPSA) is 63.2 Å². The molecule has 0 unspecified atom stereocenters. The lowest BCUT2D eigenvalue weighted by Crippen LogP contribution is -2.43. The van der Waals surface area contributed by atoms with Gasteiger partial charge in [0.2, 0.25) is 5.79 Å². The Morgan fingerprint density at radius 2 is 1.90 bits per heavy atom. The number of ether oxygens (including phenoxy) is 4. The molecule has 0 saturated carbocycles. The Kier molecular flexibility index (Phi) is 6.73. The summed E-state index contributed by atoms with van der Waals surface area (Å²) in [5, 5.41) is 0.0824. The number of esters is 1. The molecule has 0 atom stereocenters. The van der Waals surface area contributed by atoms with Crippen molar-refractivity contribution in [2.75, 3.05) is 13.7 Å². The standard InChI is InChI=1S/C22H32O6Si/c1-21(2,3)29(7,8)28-18-11-9-16(13-19(18)24-6)10-12-20(23)25-14-17-15-26-22(4,5)27-17/h9-13,15H,14H2,1-8H3/b12-10+. The van der Waals surface area contributed by atoms with E-state index in [9.17, 15) is 4.79 Å². The summed E-state index contributed by atoms with van der Waals surface area (Å²) in [5.41, 5.74) is 0.808. The van der Waals surface area contributed by atoms with E-state index in [2.05, 4.69) is 33.9 Å². The number of rotatable bonds is 7. The molecule has 0 spiro atoms. The number of carbonyl (C=O) groups excluding carboxylic acids is 1. The van der Waals surface area contributed by atoms with Crippen molar-refractivity contribution in [3.05, 3.63) is 41.9 Å². The molecule has 0 aromatic heterocycles. The molecular weight excluding hydrogens is 388 g/mol. The van der Waals surface area contributed by atoms with E-state index in [0.717, 1.165) is 5.56 Å². The van der Waals surface area contributed by atoms with Crippen molar-refractivity contribution in [2.24, 2.45) is 0 Å². The lowest BCUT2D eigenvalue weighted by Gasteiger charge is -2.36. The van der Waals surface area contributed by atoms with Crippen LogP contribution >= 0.6 is 0 Å². The van der Waals surface area contributed by atoms with Crippen molar-refractivity contribution in [2.45, 2.75) is 58.5 Å². The highest BCUT2D eigenvalue weighted by Gasteiger charge is 2.39. The molecule has 0 aliphatic carbocycles. The quantitative estimate of drug-likeness (QED) is 0.341. The average Bonchev–Trinajstić information content (AvgIpc) is 2.96. The van der Waals surface area contributed by atoms with E-state index in [1.807, 2.05) is 18.2 Å². The predicted molar refractivity (Wildman–Crippen MR) is 115 cm³/mol. The molecule has 0 amide bonds. The summed E-state index contributed by atoms with van der Waals surface area (Å²) >= 11 is 0. The molecule has 160 valence electrons. The Morgan fingerprint density at radius 1 is 1.21 bits per heavy atom. The van der Waals surface area contributed by atoms with Gasteiger partial charge in [0.25, 0.3) is 8.32 Å². The zero-order chi connectivity index (χ0) is 21.9. The molecule has 1 aliphatic heterocycles. The highest BCUT2D eigenvalue weighted by Crippen LogP contribution is 2.40. The van der Waals surface area contributed by atoms with Crippen LogP contribution in [0.15, 0.2) is 36.3 Å². The summed E-state index contributed by atoms with van der Waals surface area (Å²) in [6, 6.07) is 5.60. The number of methoxy groups -OCH3 is 1. The Morgan fingerprint density at radius 3 is 2.45 bits per heavy atom. The third-order valence-corrected chi connectivity index (χ3v) is 9.32. The zero-order valence-corrected chi connectivity index (χ0v) is 19.6. The first-order valence-corrected chi connectivity index (χ1v) is 12.5. The van der Waals surface area contributed by atoms with Crippen molar-refractivity contribution < 1.29 is 28.2 Å². The maximum absolute atomic E-state index is 12.0. The van der Waals surface area contributed by atoms with Crippen molar-refractivity contribution in [3.63, 3.8) is 0 Å². The minimum absolute atomic E-state index is 0.0230. The SMILES string of the molecule is COc1cc(/C=C/C(=O)OCC2=COC(C)(C)O2)ccc1O[Si](C)(C)C(C)(C)C. The highest BCUT2D eigenvalue weighted by atomic mass is 28.4. The van der Waals surface area contributed by atoms with Gasteiger partial charge in [0.05, 0.1) is 7.11 Å². The van der Waals surface area contributed by atoms with Crippen LogP contribution in [-0.4, -0.2) is 33.8 Å². The van der Waals surface area contributed by atoms with Crippen LogP contribution in [0.25, 0.3) is 6.08 Å². The fourth-order valence-electron chi connectivity index (χ4n) is 2.29. The third kappa shape index (κ3) is 6.29. The van der Waals surface area contributed by atoms with E-state index in [1.54, 1.807) is 27.0 Å². The van der Waals surface area contributed by atoms with Gasteiger partial charge in [-0.05, 0) is 41.9 Å². The minimum Gasteiger partial charge on any atom is -0.541 e. The molecule has 0 radical (unpaired) electrons. The molecule has 0 fully saturated rings. The molecule has 0 N–H and O–H groups in total. The molecule has 1 heterocycles. The Labute approximate surface area is 174 Å². The summed E-state index contributed by atoms with van der Waals surface area (Å²) in [4.78, 5) is 12.0. The largest absolute Gasteiger partial charge is 0.541 e. The predicted octanol–water partition coefficient (Wildman–Crippen LogP) is 5.26. The van der Waals surface area contributed by atoms with Crippen LogP contribution < -0.4 is 9.16 Å². The highest BCUT2D eigenvalue weighted by molar-refractivity contribution is 6.74. The number of carbonyl (C=O) groups is 1. The van der Waals surface area contributed by atoms with Crippen LogP contribution in [-0.2, 0) is 19.0 Å². The minimum atomic E-state index is -1.98. The molecule has 0 saturated heterocycles. The van der Waals surface area contributed by atoms with E-state index in [0.29, 0.717) is 17.3 Å². The van der Waals surface area contributed by atoms with E-state index >= 15 is 0 Å². The second-order valence-electron chi connectivity index (χ2n) is 8.92. The molecule has 2 rings (SSSR count). The van der Waals surface area contributed by atoms with Crippen LogP contribution in [0.5, 0.6) is 11.5 Å². The van der Waals surface area contributed by atoms with E-state index < -0.39 is 20.1 Å². The van der Waals surface area contributed by atoms with E-state index in [-0.39, 0.29) is 11.6 Å². The molecule has 0 bridgehead atoms. The van der Waals surface area contributed by atoms with Gasteiger partial charge in [-0.1, -0.05) is 26.8 Å². The van der Waals surface area contributed by atoms with Gasteiger partial charge < -0.3 is 23.4 Å². The second-order valence-corrected chi connectivity index (χ2v) is 13.6. The van der Waals surface area contributed by atoms with Crippen LogP contribution in [0.3, 0.4) is 0 Å². The van der Waals surface area contributed by atoms with Crippen LogP contribution in [0.4, 0.5) is 0 Å². The summed E-state index contributed by atoms with van der Waals surface area (Å²) < 4.78 is 27.8. The van der Waals surface area contributed by atoms with Gasteiger partial charge in [0, 0.05) is 19.9 Å². The molecular formula is C22H32O6Si. The molecule has 29 heavy (non-hydrogen) atoms. The average molecular weight is 421 g/mol. The maximum Gasteiger partial charge on any atom is 0.331 e. The summed E-state index contributed by atoms with van der Waals surface area (Å²) in [5.74, 6) is 0.633. The van der Waals surface area contributed by atoms with Gasteiger partial charge in [-0.3, -0.25) is 0 Å². The van der Waals surface area contributed by atoms with Crippen molar-refractivity contribution in [3.8, 4) is 11.5 Å². The van der Waals surface area contributed by atoms with Crippen LogP contribution in [0.2, 0.25) is 18.1 Å². The summed E-state index contributed by atoms with van der Waals surface area (Å²) in [6.45, 7) is 14.5. The first kappa shape index (κ1) is 22.9. The molecule has 1 aromatic rings. The van der Waals surface area contributed by atoms with Crippen LogP contribution in [0.1, 0.15) is 40.2 Å². The van der Waals surface area contributed by atoms with Crippen molar-refractivity contribution in [1.29, 1.82) is 0 Å². The van der Waals surface area contributed by atoms with Gasteiger partial charge in [0.15, 0.2) is 18.1 Å². The van der Waals surface area contributed by atoms with Gasteiger partial charge >= 0.3 is 5.97 Å². The normalized spacial score (nSPS) is 16.1. The van der Waals surface area contributed by atoms with Gasteiger partial charge in [-0.15, -0.1) is 0 Å². The number of benzene rings is 1. The Hall–Kier alpha value is -2.41. The Bertz CT molecular complexity index is 802. The van der Waals surface area contributed by atoms with Crippen molar-refractivity contribution >= 4 is 20.4 Å².